The molecule has 0 aliphatic carbocycles. The van der Waals surface area contributed by atoms with Crippen LogP contribution >= 0.6 is 0 Å². The lowest BCUT2D eigenvalue weighted by molar-refractivity contribution is 0.135. The highest BCUT2D eigenvalue weighted by atomic mass is 15.5. The number of anilines is 2. The smallest absolute Gasteiger partial charge is 0.142 e. The SMILES string of the molecule is CC1CCCC(C)N1Nc1cccc(NN)n1. The van der Waals surface area contributed by atoms with Gasteiger partial charge in [0.05, 0.1) is 0 Å². The number of pyridine rings is 1. The maximum Gasteiger partial charge on any atom is 0.142 e. The Hall–Kier alpha value is -1.33. The molecule has 0 amide bonds. The quantitative estimate of drug-likeness (QED) is 0.552. The van der Waals surface area contributed by atoms with Crippen molar-refractivity contribution in [2.24, 2.45) is 5.84 Å². The molecule has 2 unspecified atom stereocenters. The fourth-order valence-corrected chi connectivity index (χ4v) is 2.35. The van der Waals surface area contributed by atoms with Gasteiger partial charge in [0.25, 0.3) is 0 Å². The third-order valence-electron chi connectivity index (χ3n) is 3.33. The van der Waals surface area contributed by atoms with E-state index in [9.17, 15) is 0 Å². The monoisotopic (exact) mass is 235 g/mol. The molecule has 0 aromatic carbocycles. The number of rotatable bonds is 3. The molecule has 5 heteroatoms. The molecule has 0 saturated carbocycles. The van der Waals surface area contributed by atoms with Crippen molar-refractivity contribution in [2.75, 3.05) is 10.9 Å². The number of hydrogen-bond donors (Lipinski definition) is 3. The van der Waals surface area contributed by atoms with Crippen molar-refractivity contribution >= 4 is 11.6 Å². The van der Waals surface area contributed by atoms with Crippen molar-refractivity contribution in [2.45, 2.75) is 45.2 Å². The van der Waals surface area contributed by atoms with Crippen molar-refractivity contribution in [1.82, 2.24) is 9.99 Å². The molecule has 0 spiro atoms. The average molecular weight is 235 g/mol. The number of hydrazine groups is 2. The number of nitrogen functional groups attached to an aromatic ring is 1. The van der Waals surface area contributed by atoms with Crippen LogP contribution in [-0.2, 0) is 0 Å². The maximum atomic E-state index is 5.35. The third-order valence-corrected chi connectivity index (χ3v) is 3.33. The van der Waals surface area contributed by atoms with Crippen LogP contribution in [0.25, 0.3) is 0 Å². The normalized spacial score (nSPS) is 25.6. The number of aromatic nitrogens is 1. The summed E-state index contributed by atoms with van der Waals surface area (Å²) in [6.45, 7) is 4.49. The van der Waals surface area contributed by atoms with Crippen molar-refractivity contribution in [3.63, 3.8) is 0 Å². The molecule has 5 nitrogen and oxygen atoms in total. The molecule has 1 aliphatic heterocycles. The van der Waals surface area contributed by atoms with Gasteiger partial charge in [0, 0.05) is 12.1 Å². The lowest BCUT2D eigenvalue weighted by Crippen LogP contribution is -2.47. The van der Waals surface area contributed by atoms with Crippen molar-refractivity contribution in [3.05, 3.63) is 18.2 Å². The summed E-state index contributed by atoms with van der Waals surface area (Å²) < 4.78 is 0. The van der Waals surface area contributed by atoms with E-state index in [0.29, 0.717) is 17.9 Å². The van der Waals surface area contributed by atoms with Gasteiger partial charge < -0.3 is 10.9 Å². The Balaban J connectivity index is 2.07. The van der Waals surface area contributed by atoms with Gasteiger partial charge in [-0.15, -0.1) is 0 Å². The molecule has 17 heavy (non-hydrogen) atoms. The van der Waals surface area contributed by atoms with Crippen LogP contribution in [0.2, 0.25) is 0 Å². The summed E-state index contributed by atoms with van der Waals surface area (Å²) in [4.78, 5) is 4.37. The van der Waals surface area contributed by atoms with E-state index in [2.05, 4.69) is 34.7 Å². The first-order valence-corrected chi connectivity index (χ1v) is 6.19. The van der Waals surface area contributed by atoms with Crippen LogP contribution in [0.15, 0.2) is 18.2 Å². The first kappa shape index (κ1) is 12.1. The fraction of sp³-hybridized carbons (Fsp3) is 0.583. The number of nitrogens with zero attached hydrogens (tertiary/aromatic N) is 2. The number of nitrogens with one attached hydrogen (secondary N) is 2. The van der Waals surface area contributed by atoms with E-state index in [4.69, 9.17) is 5.84 Å². The second kappa shape index (κ2) is 5.33. The van der Waals surface area contributed by atoms with Crippen molar-refractivity contribution in [1.29, 1.82) is 0 Å². The van der Waals surface area contributed by atoms with Gasteiger partial charge in [0.2, 0.25) is 0 Å². The molecule has 1 aromatic rings. The van der Waals surface area contributed by atoms with Gasteiger partial charge in [-0.3, -0.25) is 0 Å². The van der Waals surface area contributed by atoms with Gasteiger partial charge in [-0.2, -0.15) is 0 Å². The predicted octanol–water partition coefficient (Wildman–Crippen LogP) is 1.96. The van der Waals surface area contributed by atoms with Crippen LogP contribution in [0.4, 0.5) is 11.6 Å². The summed E-state index contributed by atoms with van der Waals surface area (Å²) in [5, 5.41) is 2.28. The topological polar surface area (TPSA) is 66.2 Å². The first-order chi connectivity index (χ1) is 8.20. The maximum absolute atomic E-state index is 5.35. The second-order valence-corrected chi connectivity index (χ2v) is 4.70. The Kier molecular flexibility index (Phi) is 3.81. The molecule has 0 bridgehead atoms. The zero-order chi connectivity index (χ0) is 12.3. The number of hydrogen-bond acceptors (Lipinski definition) is 5. The van der Waals surface area contributed by atoms with Gasteiger partial charge in [-0.05, 0) is 38.8 Å². The number of nitrogens with two attached hydrogens (primary N) is 1. The Bertz CT molecular complexity index is 358. The molecule has 0 radical (unpaired) electrons. The van der Waals surface area contributed by atoms with E-state index in [1.165, 1.54) is 19.3 Å². The lowest BCUT2D eigenvalue weighted by atomic mass is 10.00. The van der Waals surface area contributed by atoms with E-state index in [1.54, 1.807) is 0 Å². The van der Waals surface area contributed by atoms with Crippen LogP contribution in [0.5, 0.6) is 0 Å². The van der Waals surface area contributed by atoms with Gasteiger partial charge in [-0.25, -0.2) is 15.8 Å². The zero-order valence-electron chi connectivity index (χ0n) is 10.5. The largest absolute Gasteiger partial charge is 0.308 e. The minimum absolute atomic E-state index is 0.537. The minimum Gasteiger partial charge on any atom is -0.308 e. The van der Waals surface area contributed by atoms with Crippen LogP contribution in [0, 0.1) is 0 Å². The molecule has 94 valence electrons. The highest BCUT2D eigenvalue weighted by Gasteiger charge is 2.24. The standard InChI is InChI=1S/C12H21N5/c1-9-5-3-6-10(2)17(9)16-12-8-4-7-11(14-12)15-13/h4,7-10H,3,5-6,13H2,1-2H3,(H2,14,15,16). The minimum atomic E-state index is 0.537. The molecule has 1 aromatic heterocycles. The molecule has 2 atom stereocenters. The highest BCUT2D eigenvalue weighted by molar-refractivity contribution is 5.43. The summed E-state index contributed by atoms with van der Waals surface area (Å²) in [6, 6.07) is 6.80. The zero-order valence-corrected chi connectivity index (χ0v) is 10.5. The van der Waals surface area contributed by atoms with E-state index in [0.717, 1.165) is 5.82 Å². The van der Waals surface area contributed by atoms with Crippen LogP contribution < -0.4 is 16.7 Å². The lowest BCUT2D eigenvalue weighted by Gasteiger charge is -2.39. The Labute approximate surface area is 102 Å². The number of piperidine rings is 1. The molecule has 1 aliphatic rings. The predicted molar refractivity (Wildman–Crippen MR) is 70.3 cm³/mol. The first-order valence-electron chi connectivity index (χ1n) is 6.19. The molecular weight excluding hydrogens is 214 g/mol. The van der Waals surface area contributed by atoms with Gasteiger partial charge in [0.15, 0.2) is 0 Å². The van der Waals surface area contributed by atoms with Gasteiger partial charge in [0.1, 0.15) is 11.6 Å². The fourth-order valence-electron chi connectivity index (χ4n) is 2.35. The Morgan fingerprint density at radius 1 is 1.24 bits per heavy atom. The summed E-state index contributed by atoms with van der Waals surface area (Å²) in [6.07, 6.45) is 3.76. The van der Waals surface area contributed by atoms with Crippen molar-refractivity contribution in [3.8, 4) is 0 Å². The highest BCUT2D eigenvalue weighted by Crippen LogP contribution is 2.23. The van der Waals surface area contributed by atoms with E-state index < -0.39 is 0 Å². The van der Waals surface area contributed by atoms with Gasteiger partial charge in [-0.1, -0.05) is 12.5 Å². The van der Waals surface area contributed by atoms with Crippen molar-refractivity contribution < 1.29 is 0 Å². The summed E-state index contributed by atoms with van der Waals surface area (Å²) in [5.74, 6) is 6.86. The summed E-state index contributed by atoms with van der Waals surface area (Å²) in [5.41, 5.74) is 5.94. The molecular formula is C12H21N5. The molecule has 2 rings (SSSR count). The molecule has 4 N–H and O–H groups in total. The summed E-state index contributed by atoms with van der Waals surface area (Å²) >= 11 is 0. The average Bonchev–Trinajstić information content (AvgIpc) is 2.34. The van der Waals surface area contributed by atoms with Crippen LogP contribution in [0.1, 0.15) is 33.1 Å². The molecule has 1 fully saturated rings. The van der Waals surface area contributed by atoms with E-state index in [-0.39, 0.29) is 0 Å². The van der Waals surface area contributed by atoms with E-state index >= 15 is 0 Å². The Morgan fingerprint density at radius 3 is 2.53 bits per heavy atom. The molecule has 2 heterocycles. The van der Waals surface area contributed by atoms with E-state index in [1.807, 2.05) is 18.2 Å². The summed E-state index contributed by atoms with van der Waals surface area (Å²) in [7, 11) is 0. The van der Waals surface area contributed by atoms with Crippen LogP contribution in [0.3, 0.4) is 0 Å². The third kappa shape index (κ3) is 2.87. The second-order valence-electron chi connectivity index (χ2n) is 4.70. The Morgan fingerprint density at radius 2 is 1.88 bits per heavy atom. The van der Waals surface area contributed by atoms with Crippen LogP contribution in [-0.4, -0.2) is 22.1 Å². The van der Waals surface area contributed by atoms with Gasteiger partial charge >= 0.3 is 0 Å². The molecule has 1 saturated heterocycles.